The van der Waals surface area contributed by atoms with E-state index in [1.807, 2.05) is 22.6 Å². The first-order valence-electron chi connectivity index (χ1n) is 6.34. The third kappa shape index (κ3) is 2.56. The van der Waals surface area contributed by atoms with Crippen LogP contribution < -0.4 is 5.32 Å². The lowest BCUT2D eigenvalue weighted by molar-refractivity contribution is 0.108. The van der Waals surface area contributed by atoms with Gasteiger partial charge in [-0.3, -0.25) is 4.79 Å². The van der Waals surface area contributed by atoms with Gasteiger partial charge in [0.2, 0.25) is 0 Å². The summed E-state index contributed by atoms with van der Waals surface area (Å²) >= 11 is 7.75. The summed E-state index contributed by atoms with van der Waals surface area (Å²) in [5.41, 5.74) is 1.15. The van der Waals surface area contributed by atoms with E-state index < -0.39 is 11.1 Å². The number of nitrogens with one attached hydrogen (secondary N) is 1. The van der Waals surface area contributed by atoms with E-state index in [1.54, 1.807) is 42.1 Å². The molecule has 2 heterocycles. The van der Waals surface area contributed by atoms with Gasteiger partial charge in [0.25, 0.3) is 5.24 Å². The van der Waals surface area contributed by atoms with Crippen LogP contribution in [0.25, 0.3) is 11.0 Å². The van der Waals surface area contributed by atoms with Crippen molar-refractivity contribution in [1.29, 1.82) is 0 Å². The third-order valence-corrected chi connectivity index (χ3v) is 4.19. The zero-order valence-corrected chi connectivity index (χ0v) is 14.3. The zero-order chi connectivity index (χ0) is 15.9. The number of pyridine rings is 1. The monoisotopic (exact) mass is 429 g/mol. The summed E-state index contributed by atoms with van der Waals surface area (Å²) in [5.74, 6) is 0.00638. The van der Waals surface area contributed by atoms with Crippen LogP contribution in [-0.2, 0) is 7.05 Å². The average molecular weight is 430 g/mol. The molecule has 2 aromatic heterocycles. The van der Waals surface area contributed by atoms with Gasteiger partial charge in [0.15, 0.2) is 0 Å². The molecular formula is C15H10ClFIN3O. The Hall–Kier alpha value is -1.67. The van der Waals surface area contributed by atoms with Crippen LogP contribution in [0.5, 0.6) is 0 Å². The first kappa shape index (κ1) is 15.2. The molecule has 4 nitrogen and oxygen atoms in total. The molecule has 22 heavy (non-hydrogen) atoms. The van der Waals surface area contributed by atoms with Crippen LogP contribution in [0.1, 0.15) is 10.4 Å². The largest absolute Gasteiger partial charge is 0.339 e. The zero-order valence-electron chi connectivity index (χ0n) is 11.4. The average Bonchev–Trinajstić information content (AvgIpc) is 2.75. The summed E-state index contributed by atoms with van der Waals surface area (Å²) in [4.78, 5) is 16.1. The maximum atomic E-state index is 14.0. The highest BCUT2D eigenvalue weighted by molar-refractivity contribution is 14.1. The van der Waals surface area contributed by atoms with Crippen molar-refractivity contribution in [3.8, 4) is 0 Å². The molecule has 0 spiro atoms. The van der Waals surface area contributed by atoms with Gasteiger partial charge in [-0.1, -0.05) is 0 Å². The van der Waals surface area contributed by atoms with E-state index in [2.05, 4.69) is 10.3 Å². The maximum Gasteiger partial charge on any atom is 0.256 e. The Morgan fingerprint density at radius 2 is 2.18 bits per heavy atom. The molecule has 0 unspecified atom stereocenters. The summed E-state index contributed by atoms with van der Waals surface area (Å²) in [5, 5.41) is 2.95. The van der Waals surface area contributed by atoms with E-state index in [-0.39, 0.29) is 11.3 Å². The van der Waals surface area contributed by atoms with Crippen LogP contribution in [0.2, 0.25) is 0 Å². The summed E-state index contributed by atoms with van der Waals surface area (Å²) in [6, 6.07) is 8.28. The number of rotatable bonds is 3. The first-order chi connectivity index (χ1) is 10.5. The van der Waals surface area contributed by atoms with Crippen molar-refractivity contribution in [3.63, 3.8) is 0 Å². The number of carbonyl (C=O) groups excluding carboxylic acids is 1. The molecule has 0 bridgehead atoms. The normalized spacial score (nSPS) is 10.9. The van der Waals surface area contributed by atoms with Gasteiger partial charge in [0.1, 0.15) is 17.3 Å². The van der Waals surface area contributed by atoms with Crippen LogP contribution in [0.3, 0.4) is 0 Å². The third-order valence-electron chi connectivity index (χ3n) is 3.33. The first-order valence-corrected chi connectivity index (χ1v) is 7.80. The van der Waals surface area contributed by atoms with Crippen molar-refractivity contribution in [1.82, 2.24) is 9.55 Å². The predicted octanol–water partition coefficient (Wildman–Crippen LogP) is 4.44. The number of nitrogens with zero attached hydrogens (tertiary/aromatic N) is 2. The molecule has 0 fully saturated rings. The van der Waals surface area contributed by atoms with E-state index in [0.29, 0.717) is 16.9 Å². The summed E-state index contributed by atoms with van der Waals surface area (Å²) in [7, 11) is 1.74. The molecule has 112 valence electrons. The smallest absolute Gasteiger partial charge is 0.256 e. The lowest BCUT2D eigenvalue weighted by Gasteiger charge is -2.10. The Labute approximate surface area is 144 Å². The molecule has 0 aliphatic carbocycles. The van der Waals surface area contributed by atoms with E-state index in [9.17, 15) is 9.18 Å². The van der Waals surface area contributed by atoms with Crippen molar-refractivity contribution < 1.29 is 9.18 Å². The van der Waals surface area contributed by atoms with Crippen LogP contribution in [-0.4, -0.2) is 14.8 Å². The van der Waals surface area contributed by atoms with Crippen LogP contribution in [0.4, 0.5) is 15.9 Å². The highest BCUT2D eigenvalue weighted by Gasteiger charge is 2.21. The van der Waals surface area contributed by atoms with Crippen molar-refractivity contribution >= 4 is 62.0 Å². The maximum absolute atomic E-state index is 14.0. The Morgan fingerprint density at radius 1 is 1.41 bits per heavy atom. The topological polar surface area (TPSA) is 46.9 Å². The van der Waals surface area contributed by atoms with Gasteiger partial charge in [0.05, 0.1) is 11.3 Å². The Bertz CT molecular complexity index is 894. The Morgan fingerprint density at radius 3 is 2.86 bits per heavy atom. The van der Waals surface area contributed by atoms with E-state index in [1.165, 1.54) is 6.07 Å². The minimum absolute atomic E-state index is 0.269. The SMILES string of the molecule is Cn1c(Nc2ccc(I)cc2F)c(C(=O)Cl)c2cccnc21. The number of hydrogen-bond acceptors (Lipinski definition) is 3. The fraction of sp³-hybridized carbons (Fsp3) is 0.0667. The van der Waals surface area contributed by atoms with Gasteiger partial charge >= 0.3 is 0 Å². The summed E-state index contributed by atoms with van der Waals surface area (Å²) in [6.45, 7) is 0. The molecule has 3 aromatic rings. The standard InChI is InChI=1S/C15H10ClFIN3O/c1-21-14-9(3-2-6-19-14)12(13(16)22)15(21)20-11-5-4-8(18)7-10(11)17/h2-7,20H,1H3. The van der Waals surface area contributed by atoms with Gasteiger partial charge in [-0.05, 0) is 64.5 Å². The summed E-state index contributed by atoms with van der Waals surface area (Å²) < 4.78 is 16.5. The predicted molar refractivity (Wildman–Crippen MR) is 93.3 cm³/mol. The molecule has 0 aliphatic rings. The number of fused-ring (bicyclic) bond motifs is 1. The summed E-state index contributed by atoms with van der Waals surface area (Å²) in [6.07, 6.45) is 1.63. The van der Waals surface area contributed by atoms with Crippen molar-refractivity contribution in [3.05, 3.63) is 51.5 Å². The number of anilines is 2. The number of aryl methyl sites for hydroxylation is 1. The minimum Gasteiger partial charge on any atom is -0.339 e. The van der Waals surface area contributed by atoms with Crippen LogP contribution >= 0.6 is 34.2 Å². The van der Waals surface area contributed by atoms with Crippen molar-refractivity contribution in [2.24, 2.45) is 7.05 Å². The molecule has 0 atom stereocenters. The molecular weight excluding hydrogens is 420 g/mol. The van der Waals surface area contributed by atoms with E-state index in [4.69, 9.17) is 11.6 Å². The van der Waals surface area contributed by atoms with Crippen molar-refractivity contribution in [2.45, 2.75) is 0 Å². The molecule has 0 saturated heterocycles. The lowest BCUT2D eigenvalue weighted by atomic mass is 10.2. The fourth-order valence-corrected chi connectivity index (χ4v) is 2.97. The number of hydrogen-bond donors (Lipinski definition) is 1. The van der Waals surface area contributed by atoms with Gasteiger partial charge in [-0.15, -0.1) is 0 Å². The molecule has 0 saturated carbocycles. The van der Waals surface area contributed by atoms with E-state index in [0.717, 1.165) is 3.57 Å². The number of carbonyl (C=O) groups is 1. The molecule has 0 aliphatic heterocycles. The molecule has 0 radical (unpaired) electrons. The van der Waals surface area contributed by atoms with Gasteiger partial charge < -0.3 is 9.88 Å². The second-order valence-corrected chi connectivity index (χ2v) is 6.27. The van der Waals surface area contributed by atoms with Crippen LogP contribution in [0, 0.1) is 9.39 Å². The number of aromatic nitrogens is 2. The molecule has 3 rings (SSSR count). The quantitative estimate of drug-likeness (QED) is 0.495. The highest BCUT2D eigenvalue weighted by Crippen LogP contribution is 2.32. The van der Waals surface area contributed by atoms with Gasteiger partial charge in [-0.25, -0.2) is 9.37 Å². The number of halogens is 3. The fourth-order valence-electron chi connectivity index (χ4n) is 2.32. The van der Waals surface area contributed by atoms with Gasteiger partial charge in [-0.2, -0.15) is 0 Å². The van der Waals surface area contributed by atoms with Gasteiger partial charge in [0, 0.05) is 22.2 Å². The lowest BCUT2D eigenvalue weighted by Crippen LogP contribution is -2.03. The Balaban J connectivity index is 2.20. The molecule has 0 amide bonds. The second-order valence-electron chi connectivity index (χ2n) is 4.68. The van der Waals surface area contributed by atoms with E-state index >= 15 is 0 Å². The minimum atomic E-state index is -0.619. The molecule has 7 heteroatoms. The van der Waals surface area contributed by atoms with Crippen LogP contribution in [0.15, 0.2) is 36.5 Å². The number of benzene rings is 1. The highest BCUT2D eigenvalue weighted by atomic mass is 127. The molecule has 1 aromatic carbocycles. The Kier molecular flexibility index (Phi) is 4.05. The second kappa shape index (κ2) is 5.85. The van der Waals surface area contributed by atoms with Crippen molar-refractivity contribution in [2.75, 3.05) is 5.32 Å². The molecule has 1 N–H and O–H groups in total.